The number of carboxylic acid groups (broad SMARTS) is 1. The first kappa shape index (κ1) is 14.4. The summed E-state index contributed by atoms with van der Waals surface area (Å²) in [6, 6.07) is 0. The standard InChI is InChI=1S/C11H11F3N2O4/c12-11(13,14)8(19)7-5(4-6(17)18)10(20)16-3-1-2-15-9(7)16/h5,15H,1-4H2,(H,17,18). The summed E-state index contributed by atoms with van der Waals surface area (Å²) in [6.07, 6.45) is -5.46. The first-order chi connectivity index (χ1) is 9.23. The molecule has 0 aliphatic carbocycles. The molecule has 2 rings (SSSR count). The summed E-state index contributed by atoms with van der Waals surface area (Å²) >= 11 is 0. The van der Waals surface area contributed by atoms with E-state index in [0.29, 0.717) is 13.0 Å². The lowest BCUT2D eigenvalue weighted by atomic mass is 9.94. The van der Waals surface area contributed by atoms with Gasteiger partial charge in [-0.3, -0.25) is 19.3 Å². The summed E-state index contributed by atoms with van der Waals surface area (Å²) in [7, 11) is 0. The number of aliphatic carboxylic acids is 1. The number of carboxylic acids is 1. The third kappa shape index (κ3) is 2.35. The summed E-state index contributed by atoms with van der Waals surface area (Å²) in [6.45, 7) is 0.499. The van der Waals surface area contributed by atoms with Crippen LogP contribution >= 0.6 is 0 Å². The Bertz CT molecular complexity index is 512. The number of rotatable bonds is 3. The largest absolute Gasteiger partial charge is 0.481 e. The molecule has 1 amide bonds. The van der Waals surface area contributed by atoms with Crippen LogP contribution in [0.1, 0.15) is 12.8 Å². The second kappa shape index (κ2) is 4.80. The molecule has 1 fully saturated rings. The van der Waals surface area contributed by atoms with Crippen molar-refractivity contribution in [2.45, 2.75) is 19.0 Å². The fourth-order valence-corrected chi connectivity index (χ4v) is 2.37. The van der Waals surface area contributed by atoms with Crippen LogP contribution in [0.5, 0.6) is 0 Å². The Kier molecular flexibility index (Phi) is 3.45. The van der Waals surface area contributed by atoms with Crippen LogP contribution < -0.4 is 5.32 Å². The number of hydrogen-bond acceptors (Lipinski definition) is 4. The molecule has 0 aromatic carbocycles. The van der Waals surface area contributed by atoms with E-state index in [-0.39, 0.29) is 12.4 Å². The number of carbonyl (C=O) groups is 3. The van der Waals surface area contributed by atoms with Crippen LogP contribution in [0.2, 0.25) is 0 Å². The quantitative estimate of drug-likeness (QED) is 0.779. The lowest BCUT2D eigenvalue weighted by Crippen LogP contribution is -2.40. The highest BCUT2D eigenvalue weighted by atomic mass is 19.4. The van der Waals surface area contributed by atoms with E-state index in [0.717, 1.165) is 4.90 Å². The average Bonchev–Trinajstić information content (AvgIpc) is 2.61. The van der Waals surface area contributed by atoms with E-state index in [1.54, 1.807) is 0 Å². The molecular weight excluding hydrogens is 281 g/mol. The molecule has 2 aliphatic heterocycles. The number of fused-ring (bicyclic) bond motifs is 1. The molecule has 6 nitrogen and oxygen atoms in total. The smallest absolute Gasteiger partial charge is 0.454 e. The van der Waals surface area contributed by atoms with Gasteiger partial charge in [-0.2, -0.15) is 13.2 Å². The van der Waals surface area contributed by atoms with Crippen LogP contribution in [0.15, 0.2) is 11.4 Å². The number of nitrogens with one attached hydrogen (secondary N) is 1. The molecule has 1 atom stereocenters. The molecule has 1 unspecified atom stereocenters. The maximum absolute atomic E-state index is 12.6. The molecule has 0 aromatic heterocycles. The van der Waals surface area contributed by atoms with Crippen molar-refractivity contribution >= 4 is 17.7 Å². The van der Waals surface area contributed by atoms with Gasteiger partial charge in [-0.15, -0.1) is 0 Å². The van der Waals surface area contributed by atoms with Crippen LogP contribution in [-0.2, 0) is 14.4 Å². The Labute approximate surface area is 111 Å². The molecule has 9 heteroatoms. The highest BCUT2D eigenvalue weighted by Crippen LogP contribution is 2.36. The van der Waals surface area contributed by atoms with Gasteiger partial charge in [-0.05, 0) is 6.42 Å². The first-order valence-electron chi connectivity index (χ1n) is 5.86. The zero-order valence-corrected chi connectivity index (χ0v) is 10.2. The van der Waals surface area contributed by atoms with E-state index in [1.165, 1.54) is 0 Å². The topological polar surface area (TPSA) is 86.7 Å². The van der Waals surface area contributed by atoms with Crippen LogP contribution in [0, 0.1) is 5.92 Å². The Morgan fingerprint density at radius 1 is 1.40 bits per heavy atom. The Hall–Kier alpha value is -2.06. The van der Waals surface area contributed by atoms with E-state index >= 15 is 0 Å². The van der Waals surface area contributed by atoms with Gasteiger partial charge < -0.3 is 10.4 Å². The summed E-state index contributed by atoms with van der Waals surface area (Å²) in [5.74, 6) is -6.15. The van der Waals surface area contributed by atoms with Crippen molar-refractivity contribution in [1.82, 2.24) is 10.2 Å². The molecular formula is C11H11F3N2O4. The van der Waals surface area contributed by atoms with E-state index in [4.69, 9.17) is 5.11 Å². The zero-order valence-electron chi connectivity index (χ0n) is 10.2. The third-order valence-electron chi connectivity index (χ3n) is 3.17. The van der Waals surface area contributed by atoms with Gasteiger partial charge >= 0.3 is 12.1 Å². The fraction of sp³-hybridized carbons (Fsp3) is 0.545. The maximum atomic E-state index is 12.6. The monoisotopic (exact) mass is 292 g/mol. The number of halogens is 3. The maximum Gasteiger partial charge on any atom is 0.454 e. The predicted molar refractivity (Wildman–Crippen MR) is 58.2 cm³/mol. The van der Waals surface area contributed by atoms with Gasteiger partial charge in [0.15, 0.2) is 0 Å². The molecule has 0 saturated carbocycles. The van der Waals surface area contributed by atoms with E-state index in [9.17, 15) is 27.6 Å². The minimum atomic E-state index is -5.14. The normalized spacial score (nSPS) is 22.6. The lowest BCUT2D eigenvalue weighted by Gasteiger charge is -2.27. The molecule has 110 valence electrons. The summed E-state index contributed by atoms with van der Waals surface area (Å²) in [4.78, 5) is 35.2. The number of nitrogens with zero attached hydrogens (tertiary/aromatic N) is 1. The molecule has 0 radical (unpaired) electrons. The Balaban J connectivity index is 2.46. The van der Waals surface area contributed by atoms with Crippen LogP contribution in [0.25, 0.3) is 0 Å². The molecule has 2 N–H and O–H groups in total. The summed E-state index contributed by atoms with van der Waals surface area (Å²) in [5, 5.41) is 11.3. The minimum Gasteiger partial charge on any atom is -0.481 e. The van der Waals surface area contributed by atoms with Crippen molar-refractivity contribution in [2.24, 2.45) is 5.92 Å². The molecule has 2 aliphatic rings. The van der Waals surface area contributed by atoms with E-state index in [1.807, 2.05) is 0 Å². The van der Waals surface area contributed by atoms with Crippen molar-refractivity contribution in [3.63, 3.8) is 0 Å². The predicted octanol–water partition coefficient (Wildman–Crippen LogP) is 0.256. The highest BCUT2D eigenvalue weighted by Gasteiger charge is 2.52. The average molecular weight is 292 g/mol. The molecule has 20 heavy (non-hydrogen) atoms. The second-order valence-electron chi connectivity index (χ2n) is 4.51. The van der Waals surface area contributed by atoms with Gasteiger partial charge in [0.2, 0.25) is 5.91 Å². The van der Waals surface area contributed by atoms with Crippen molar-refractivity contribution in [2.75, 3.05) is 13.1 Å². The SMILES string of the molecule is O=C(O)CC1C(=O)N2CCCNC2=C1C(=O)C(F)(F)F. The summed E-state index contributed by atoms with van der Waals surface area (Å²) < 4.78 is 37.8. The van der Waals surface area contributed by atoms with Gasteiger partial charge in [-0.1, -0.05) is 0 Å². The van der Waals surface area contributed by atoms with Crippen molar-refractivity contribution in [3.05, 3.63) is 11.4 Å². The lowest BCUT2D eigenvalue weighted by molar-refractivity contribution is -0.167. The van der Waals surface area contributed by atoms with Gasteiger partial charge in [0.05, 0.1) is 17.9 Å². The van der Waals surface area contributed by atoms with Crippen molar-refractivity contribution in [3.8, 4) is 0 Å². The molecule has 0 spiro atoms. The van der Waals surface area contributed by atoms with E-state index in [2.05, 4.69) is 5.32 Å². The zero-order chi connectivity index (χ0) is 15.1. The molecule has 1 saturated heterocycles. The number of amides is 1. The van der Waals surface area contributed by atoms with Gasteiger partial charge in [0.25, 0.3) is 5.78 Å². The third-order valence-corrected chi connectivity index (χ3v) is 3.17. The number of hydrogen-bond donors (Lipinski definition) is 2. The Morgan fingerprint density at radius 2 is 2.05 bits per heavy atom. The van der Waals surface area contributed by atoms with Gasteiger partial charge in [-0.25, -0.2) is 0 Å². The van der Waals surface area contributed by atoms with Crippen LogP contribution in [0.3, 0.4) is 0 Å². The molecule has 0 aromatic rings. The summed E-state index contributed by atoms with van der Waals surface area (Å²) in [5.41, 5.74) is -0.787. The fourth-order valence-electron chi connectivity index (χ4n) is 2.37. The number of Topliss-reactive ketones (excluding diaryl/α,β-unsaturated/α-hetero) is 1. The molecule has 0 bridgehead atoms. The van der Waals surface area contributed by atoms with Crippen LogP contribution in [0.4, 0.5) is 13.2 Å². The first-order valence-corrected chi connectivity index (χ1v) is 5.86. The van der Waals surface area contributed by atoms with E-state index < -0.39 is 41.7 Å². The van der Waals surface area contributed by atoms with Gasteiger partial charge in [0, 0.05) is 13.1 Å². The second-order valence-corrected chi connectivity index (χ2v) is 4.51. The number of carbonyl (C=O) groups excluding carboxylic acids is 2. The van der Waals surface area contributed by atoms with Gasteiger partial charge in [0.1, 0.15) is 5.82 Å². The van der Waals surface area contributed by atoms with Crippen molar-refractivity contribution < 1.29 is 32.7 Å². The minimum absolute atomic E-state index is 0.173. The van der Waals surface area contributed by atoms with Crippen LogP contribution in [-0.4, -0.2) is 46.9 Å². The van der Waals surface area contributed by atoms with Crippen molar-refractivity contribution in [1.29, 1.82) is 0 Å². The number of alkyl halides is 3. The Morgan fingerprint density at radius 3 is 2.60 bits per heavy atom. The molecule has 2 heterocycles. The number of ketones is 1. The highest BCUT2D eigenvalue weighted by molar-refractivity contribution is 6.09.